The van der Waals surface area contributed by atoms with E-state index < -0.39 is 0 Å². The van der Waals surface area contributed by atoms with E-state index in [0.717, 1.165) is 0 Å². The third-order valence-electron chi connectivity index (χ3n) is 5.20. The second kappa shape index (κ2) is 7.71. The number of H-pyrrole nitrogens is 1. The van der Waals surface area contributed by atoms with Crippen LogP contribution in [0, 0.1) is 5.92 Å². The summed E-state index contributed by atoms with van der Waals surface area (Å²) in [6.45, 7) is 7.28. The van der Waals surface area contributed by atoms with Crippen LogP contribution in [0.1, 0.15) is 33.6 Å². The van der Waals surface area contributed by atoms with Gasteiger partial charge in [-0.1, -0.05) is 11.6 Å². The topological polar surface area (TPSA) is 109 Å². The largest absolute Gasteiger partial charge is 0.342 e. The van der Waals surface area contributed by atoms with Gasteiger partial charge < -0.3 is 10.2 Å². The van der Waals surface area contributed by atoms with Gasteiger partial charge in [-0.05, 0) is 45.7 Å². The van der Waals surface area contributed by atoms with Gasteiger partial charge in [-0.15, -0.1) is 0 Å². The minimum Gasteiger partial charge on any atom is -0.342 e. The lowest BCUT2D eigenvalue weighted by molar-refractivity contribution is -0.120. The van der Waals surface area contributed by atoms with Crippen molar-refractivity contribution in [1.29, 1.82) is 0 Å². The fraction of sp³-hybridized carbons (Fsp3) is 0.450. The molecule has 3 aromatic heterocycles. The number of aromatic nitrogens is 5. The van der Waals surface area contributed by atoms with E-state index in [9.17, 15) is 9.59 Å². The molecule has 0 aromatic carbocycles. The zero-order valence-electron chi connectivity index (χ0n) is 17.1. The summed E-state index contributed by atoms with van der Waals surface area (Å²) in [6.07, 6.45) is 4.36. The van der Waals surface area contributed by atoms with Crippen molar-refractivity contribution >= 4 is 40.3 Å². The highest BCUT2D eigenvalue weighted by Gasteiger charge is 2.27. The number of aromatic amines is 1. The van der Waals surface area contributed by atoms with E-state index in [0.29, 0.717) is 53.8 Å². The number of hydrogen-bond donors (Lipinski definition) is 2. The monoisotopic (exact) mass is 429 g/mol. The third kappa shape index (κ3) is 4.02. The second-order valence-electron chi connectivity index (χ2n) is 8.47. The molecule has 0 bridgehead atoms. The summed E-state index contributed by atoms with van der Waals surface area (Å²) in [5.41, 5.74) is 0.0646. The van der Waals surface area contributed by atoms with Gasteiger partial charge in [-0.2, -0.15) is 10.1 Å². The van der Waals surface area contributed by atoms with Gasteiger partial charge >= 0.3 is 0 Å². The van der Waals surface area contributed by atoms with Gasteiger partial charge in [0.25, 0.3) is 5.56 Å². The Hall–Kier alpha value is -2.94. The molecule has 1 aliphatic rings. The molecule has 30 heavy (non-hydrogen) atoms. The summed E-state index contributed by atoms with van der Waals surface area (Å²) in [6, 6.07) is 3.37. The number of nitrogens with zero attached hydrogens (tertiary/aromatic N) is 5. The normalized spacial score (nSPS) is 15.5. The van der Waals surface area contributed by atoms with Gasteiger partial charge in [0.1, 0.15) is 11.2 Å². The molecular formula is C20H24ClN7O2. The molecule has 1 amide bonds. The van der Waals surface area contributed by atoms with Gasteiger partial charge in [0, 0.05) is 25.2 Å². The number of halogens is 1. The van der Waals surface area contributed by atoms with E-state index in [4.69, 9.17) is 11.6 Å². The van der Waals surface area contributed by atoms with Gasteiger partial charge in [-0.25, -0.2) is 9.67 Å². The number of rotatable bonds is 3. The SMILES string of the molecule is CC(C)(C)n1ncc2c(=O)[nH]c(N3CCC(C(=O)Nc4ccc(Cl)cn4)CC3)nc21. The molecule has 4 rings (SSSR count). The van der Waals surface area contributed by atoms with Crippen molar-refractivity contribution in [2.45, 2.75) is 39.2 Å². The smallest absolute Gasteiger partial charge is 0.263 e. The molecule has 0 aliphatic carbocycles. The Morgan fingerprint density at radius 1 is 1.23 bits per heavy atom. The van der Waals surface area contributed by atoms with Crippen molar-refractivity contribution in [3.8, 4) is 0 Å². The van der Waals surface area contributed by atoms with Crippen molar-refractivity contribution in [2.24, 2.45) is 5.92 Å². The van der Waals surface area contributed by atoms with E-state index >= 15 is 0 Å². The van der Waals surface area contributed by atoms with Gasteiger partial charge in [-0.3, -0.25) is 14.6 Å². The number of amides is 1. The first kappa shape index (κ1) is 20.3. The van der Waals surface area contributed by atoms with Crippen LogP contribution in [0.25, 0.3) is 11.0 Å². The van der Waals surface area contributed by atoms with Crippen LogP contribution in [0.3, 0.4) is 0 Å². The van der Waals surface area contributed by atoms with E-state index in [1.54, 1.807) is 23.0 Å². The Balaban J connectivity index is 1.47. The third-order valence-corrected chi connectivity index (χ3v) is 5.43. The molecule has 4 heterocycles. The second-order valence-corrected chi connectivity index (χ2v) is 8.90. The molecule has 2 N–H and O–H groups in total. The summed E-state index contributed by atoms with van der Waals surface area (Å²) in [4.78, 5) is 38.7. The number of pyridine rings is 1. The van der Waals surface area contributed by atoms with E-state index in [1.165, 1.54) is 6.20 Å². The fourth-order valence-corrected chi connectivity index (χ4v) is 3.69. The van der Waals surface area contributed by atoms with Crippen LogP contribution >= 0.6 is 11.6 Å². The molecule has 0 radical (unpaired) electrons. The molecule has 0 unspecified atom stereocenters. The Morgan fingerprint density at radius 2 is 1.97 bits per heavy atom. The van der Waals surface area contributed by atoms with Crippen molar-refractivity contribution in [1.82, 2.24) is 24.7 Å². The number of carbonyl (C=O) groups excluding carboxylic acids is 1. The number of nitrogens with one attached hydrogen (secondary N) is 2. The maximum Gasteiger partial charge on any atom is 0.263 e. The maximum atomic E-state index is 12.6. The molecule has 1 saturated heterocycles. The Kier molecular flexibility index (Phi) is 5.23. The molecular weight excluding hydrogens is 406 g/mol. The summed E-state index contributed by atoms with van der Waals surface area (Å²) < 4.78 is 1.76. The Morgan fingerprint density at radius 3 is 2.60 bits per heavy atom. The van der Waals surface area contributed by atoms with Crippen LogP contribution in [-0.2, 0) is 10.3 Å². The molecule has 0 atom stereocenters. The molecule has 10 heteroatoms. The number of piperidine rings is 1. The average molecular weight is 430 g/mol. The van der Waals surface area contributed by atoms with Gasteiger partial charge in [0.05, 0.1) is 16.8 Å². The van der Waals surface area contributed by atoms with Crippen molar-refractivity contribution < 1.29 is 4.79 Å². The highest BCUT2D eigenvalue weighted by molar-refractivity contribution is 6.30. The predicted octanol–water partition coefficient (Wildman–Crippen LogP) is 2.78. The molecule has 0 spiro atoms. The standard InChI is InChI=1S/C20H24ClN7O2/c1-20(2,3)28-16-14(11-23-28)18(30)26-19(25-16)27-8-6-12(7-9-27)17(29)24-15-5-4-13(21)10-22-15/h4-5,10-12H,6-9H2,1-3H3,(H,22,24,29)(H,25,26,30). The highest BCUT2D eigenvalue weighted by Crippen LogP contribution is 2.24. The van der Waals surface area contributed by atoms with E-state index in [2.05, 4.69) is 25.4 Å². The van der Waals surface area contributed by atoms with E-state index in [-0.39, 0.29) is 22.9 Å². The number of anilines is 2. The number of carbonyl (C=O) groups is 1. The molecule has 1 fully saturated rings. The van der Waals surface area contributed by atoms with Crippen LogP contribution in [0.4, 0.5) is 11.8 Å². The zero-order valence-corrected chi connectivity index (χ0v) is 17.9. The van der Waals surface area contributed by atoms with Crippen LogP contribution in [0.15, 0.2) is 29.3 Å². The van der Waals surface area contributed by atoms with Crippen molar-refractivity contribution in [2.75, 3.05) is 23.3 Å². The Labute approximate surface area is 178 Å². The molecule has 0 saturated carbocycles. The van der Waals surface area contributed by atoms with Crippen LogP contribution in [0.2, 0.25) is 5.02 Å². The Bertz CT molecular complexity index is 1120. The first-order valence-electron chi connectivity index (χ1n) is 9.88. The predicted molar refractivity (Wildman–Crippen MR) is 116 cm³/mol. The number of hydrogen-bond acceptors (Lipinski definition) is 6. The summed E-state index contributed by atoms with van der Waals surface area (Å²) >= 11 is 5.83. The van der Waals surface area contributed by atoms with E-state index in [1.807, 2.05) is 25.7 Å². The lowest BCUT2D eigenvalue weighted by Crippen LogP contribution is -2.39. The van der Waals surface area contributed by atoms with Crippen LogP contribution < -0.4 is 15.8 Å². The quantitative estimate of drug-likeness (QED) is 0.662. The van der Waals surface area contributed by atoms with Crippen molar-refractivity contribution in [3.05, 3.63) is 39.9 Å². The van der Waals surface area contributed by atoms with Crippen LogP contribution in [-0.4, -0.2) is 43.7 Å². The molecule has 1 aliphatic heterocycles. The van der Waals surface area contributed by atoms with Crippen molar-refractivity contribution in [3.63, 3.8) is 0 Å². The first-order chi connectivity index (χ1) is 14.2. The zero-order chi connectivity index (χ0) is 21.5. The molecule has 3 aromatic rings. The lowest BCUT2D eigenvalue weighted by atomic mass is 9.96. The summed E-state index contributed by atoms with van der Waals surface area (Å²) in [5.74, 6) is 0.803. The highest BCUT2D eigenvalue weighted by atomic mass is 35.5. The maximum absolute atomic E-state index is 12.6. The van der Waals surface area contributed by atoms with Crippen LogP contribution in [0.5, 0.6) is 0 Å². The van der Waals surface area contributed by atoms with Gasteiger partial charge in [0.2, 0.25) is 11.9 Å². The average Bonchev–Trinajstić information content (AvgIpc) is 3.15. The minimum absolute atomic E-state index is 0.0628. The minimum atomic E-state index is -0.291. The summed E-state index contributed by atoms with van der Waals surface area (Å²) in [7, 11) is 0. The van der Waals surface area contributed by atoms with Gasteiger partial charge in [0.15, 0.2) is 5.65 Å². The summed E-state index contributed by atoms with van der Waals surface area (Å²) in [5, 5.41) is 8.17. The lowest BCUT2D eigenvalue weighted by Gasteiger charge is -2.31. The number of fused-ring (bicyclic) bond motifs is 1. The molecule has 158 valence electrons. The fourth-order valence-electron chi connectivity index (χ4n) is 3.58. The first-order valence-corrected chi connectivity index (χ1v) is 10.3. The molecule has 9 nitrogen and oxygen atoms in total.